The molecule has 0 fully saturated rings. The molecule has 1 heterocycles. The highest BCUT2D eigenvalue weighted by Crippen LogP contribution is 2.39. The number of ether oxygens (including phenoxy) is 3. The molecule has 0 radical (unpaired) electrons. The van der Waals surface area contributed by atoms with Gasteiger partial charge >= 0.3 is 0 Å². The maximum atomic E-state index is 13.2. The summed E-state index contributed by atoms with van der Waals surface area (Å²) in [5, 5.41) is 3.34. The monoisotopic (exact) mass is 378 g/mol. The number of hydrogen-bond acceptors (Lipinski definition) is 5. The Morgan fingerprint density at radius 1 is 1.04 bits per heavy atom. The summed E-state index contributed by atoms with van der Waals surface area (Å²) in [7, 11) is 4.62. The molecule has 26 heavy (non-hydrogen) atoms. The molecule has 1 N–H and O–H groups in total. The predicted octanol–water partition coefficient (Wildman–Crippen LogP) is 2.88. The van der Waals surface area contributed by atoms with E-state index in [1.165, 1.54) is 14.2 Å². The van der Waals surface area contributed by atoms with Crippen molar-refractivity contribution >= 4 is 24.0 Å². The molecule has 0 aromatic heterocycles. The van der Waals surface area contributed by atoms with Crippen molar-refractivity contribution in [2.24, 2.45) is 0 Å². The molecule has 2 aromatic carbocycles. The Bertz CT molecular complexity index is 757. The molecule has 0 unspecified atom stereocenters. The zero-order valence-electron chi connectivity index (χ0n) is 15.1. The van der Waals surface area contributed by atoms with Gasteiger partial charge in [-0.2, -0.15) is 0 Å². The van der Waals surface area contributed by atoms with Crippen molar-refractivity contribution in [1.29, 1.82) is 0 Å². The maximum absolute atomic E-state index is 13.2. The van der Waals surface area contributed by atoms with Crippen LogP contribution in [0.1, 0.15) is 15.9 Å². The first-order valence-electron chi connectivity index (χ1n) is 8.10. The Kier molecular flexibility index (Phi) is 6.71. The zero-order valence-corrected chi connectivity index (χ0v) is 15.9. The molecule has 7 heteroatoms. The summed E-state index contributed by atoms with van der Waals surface area (Å²) in [6.07, 6.45) is 0. The van der Waals surface area contributed by atoms with Gasteiger partial charge < -0.3 is 24.4 Å². The molecule has 1 amide bonds. The highest BCUT2D eigenvalue weighted by atomic mass is 35.5. The van der Waals surface area contributed by atoms with Gasteiger partial charge in [-0.15, -0.1) is 12.4 Å². The number of carbonyl (C=O) groups excluding carboxylic acids is 1. The fraction of sp³-hybridized carbons (Fsp3) is 0.316. The van der Waals surface area contributed by atoms with Crippen molar-refractivity contribution in [3.63, 3.8) is 0 Å². The van der Waals surface area contributed by atoms with E-state index in [-0.39, 0.29) is 18.3 Å². The molecule has 0 bridgehead atoms. The minimum atomic E-state index is -0.101. The molecule has 0 saturated heterocycles. The van der Waals surface area contributed by atoms with Crippen LogP contribution in [0.4, 0.5) is 5.69 Å². The summed E-state index contributed by atoms with van der Waals surface area (Å²) < 4.78 is 16.1. The molecular formula is C19H23ClN2O4. The van der Waals surface area contributed by atoms with Crippen molar-refractivity contribution in [3.05, 3.63) is 47.5 Å². The zero-order chi connectivity index (χ0) is 17.8. The first-order valence-corrected chi connectivity index (χ1v) is 8.10. The second kappa shape index (κ2) is 8.78. The first-order chi connectivity index (χ1) is 12.2. The van der Waals surface area contributed by atoms with E-state index in [2.05, 4.69) is 5.32 Å². The van der Waals surface area contributed by atoms with Gasteiger partial charge in [0, 0.05) is 30.9 Å². The second-order valence-corrected chi connectivity index (χ2v) is 5.68. The molecule has 0 saturated carbocycles. The summed E-state index contributed by atoms with van der Waals surface area (Å²) in [4.78, 5) is 15.0. The summed E-state index contributed by atoms with van der Waals surface area (Å²) in [5.74, 6) is 1.30. The second-order valence-electron chi connectivity index (χ2n) is 5.68. The molecule has 2 aromatic rings. The van der Waals surface area contributed by atoms with Gasteiger partial charge in [0.05, 0.1) is 21.3 Å². The highest BCUT2D eigenvalue weighted by molar-refractivity contribution is 6.07. The third-order valence-corrected chi connectivity index (χ3v) is 4.27. The van der Waals surface area contributed by atoms with Crippen LogP contribution in [0.2, 0.25) is 0 Å². The lowest BCUT2D eigenvalue weighted by Gasteiger charge is -2.23. The van der Waals surface area contributed by atoms with Crippen LogP contribution in [0.25, 0.3) is 0 Å². The number of fused-ring (bicyclic) bond motifs is 1. The molecule has 0 aliphatic carbocycles. The van der Waals surface area contributed by atoms with Gasteiger partial charge in [0.1, 0.15) is 0 Å². The van der Waals surface area contributed by atoms with Crippen LogP contribution in [0.5, 0.6) is 17.2 Å². The highest BCUT2D eigenvalue weighted by Gasteiger charge is 2.24. The normalized spacial score (nSPS) is 13.1. The smallest absolute Gasteiger partial charge is 0.258 e. The van der Waals surface area contributed by atoms with Gasteiger partial charge in [0.25, 0.3) is 5.91 Å². The SMILES string of the molecule is COc1cc(C(=O)N2CCNCc3ccccc32)cc(OC)c1OC.Cl. The Morgan fingerprint density at radius 3 is 2.31 bits per heavy atom. The molecule has 0 atom stereocenters. The lowest BCUT2D eigenvalue weighted by molar-refractivity contribution is 0.0986. The molecule has 6 nitrogen and oxygen atoms in total. The summed E-state index contributed by atoms with van der Waals surface area (Å²) in [6, 6.07) is 11.3. The van der Waals surface area contributed by atoms with Gasteiger partial charge in [-0.05, 0) is 23.8 Å². The number of halogens is 1. The van der Waals surface area contributed by atoms with Crippen LogP contribution in [0, 0.1) is 0 Å². The number of carbonyl (C=O) groups is 1. The largest absolute Gasteiger partial charge is 0.493 e. The Hall–Kier alpha value is -2.44. The number of anilines is 1. The number of nitrogens with zero attached hydrogens (tertiary/aromatic N) is 1. The maximum Gasteiger partial charge on any atom is 0.258 e. The van der Waals surface area contributed by atoms with Gasteiger partial charge in [0.15, 0.2) is 11.5 Å². The van der Waals surface area contributed by atoms with E-state index >= 15 is 0 Å². The van der Waals surface area contributed by atoms with Crippen LogP contribution < -0.4 is 24.4 Å². The predicted molar refractivity (Wildman–Crippen MR) is 103 cm³/mol. The average Bonchev–Trinajstić information content (AvgIpc) is 2.88. The van der Waals surface area contributed by atoms with Crippen molar-refractivity contribution in [3.8, 4) is 17.2 Å². The van der Waals surface area contributed by atoms with E-state index in [4.69, 9.17) is 14.2 Å². The number of benzene rings is 2. The standard InChI is InChI=1S/C19H22N2O4.ClH/c1-23-16-10-14(11-17(24-2)18(16)25-3)19(22)21-9-8-20-12-13-6-4-5-7-15(13)21;/h4-7,10-11,20H,8-9,12H2,1-3H3;1H. The Morgan fingerprint density at radius 2 is 1.69 bits per heavy atom. The number of amides is 1. The Balaban J connectivity index is 0.00000243. The molecule has 1 aliphatic heterocycles. The molecular weight excluding hydrogens is 356 g/mol. The minimum absolute atomic E-state index is 0. The van der Waals surface area contributed by atoms with Crippen LogP contribution in [-0.2, 0) is 6.54 Å². The van der Waals surface area contributed by atoms with E-state index in [1.54, 1.807) is 24.1 Å². The van der Waals surface area contributed by atoms with Crippen LogP contribution in [-0.4, -0.2) is 40.3 Å². The molecule has 3 rings (SSSR count). The van der Waals surface area contributed by atoms with E-state index in [9.17, 15) is 4.79 Å². The lowest BCUT2D eigenvalue weighted by atomic mass is 10.1. The van der Waals surface area contributed by atoms with Crippen LogP contribution >= 0.6 is 12.4 Å². The summed E-state index contributed by atoms with van der Waals surface area (Å²) in [5.41, 5.74) is 2.51. The lowest BCUT2D eigenvalue weighted by Crippen LogP contribution is -2.34. The summed E-state index contributed by atoms with van der Waals surface area (Å²) in [6.45, 7) is 2.06. The minimum Gasteiger partial charge on any atom is -0.493 e. The van der Waals surface area contributed by atoms with Crippen LogP contribution in [0.3, 0.4) is 0 Å². The van der Waals surface area contributed by atoms with E-state index < -0.39 is 0 Å². The molecule has 0 spiro atoms. The third-order valence-electron chi connectivity index (χ3n) is 4.27. The topological polar surface area (TPSA) is 60.0 Å². The number of para-hydroxylation sites is 1. The van der Waals surface area contributed by atoms with Gasteiger partial charge in [-0.25, -0.2) is 0 Å². The summed E-state index contributed by atoms with van der Waals surface area (Å²) >= 11 is 0. The average molecular weight is 379 g/mol. The van der Waals surface area contributed by atoms with Crippen LogP contribution in [0.15, 0.2) is 36.4 Å². The molecule has 1 aliphatic rings. The fourth-order valence-electron chi connectivity index (χ4n) is 3.03. The fourth-order valence-corrected chi connectivity index (χ4v) is 3.03. The number of methoxy groups -OCH3 is 3. The van der Waals surface area contributed by atoms with Crippen molar-refractivity contribution in [1.82, 2.24) is 5.32 Å². The quantitative estimate of drug-likeness (QED) is 0.886. The van der Waals surface area contributed by atoms with Gasteiger partial charge in [-0.3, -0.25) is 4.79 Å². The van der Waals surface area contributed by atoms with Crippen molar-refractivity contribution in [2.75, 3.05) is 39.3 Å². The van der Waals surface area contributed by atoms with Gasteiger partial charge in [-0.1, -0.05) is 18.2 Å². The van der Waals surface area contributed by atoms with Gasteiger partial charge in [0.2, 0.25) is 5.75 Å². The van der Waals surface area contributed by atoms with E-state index in [1.807, 2.05) is 24.3 Å². The first kappa shape index (κ1) is 19.9. The Labute approximate surface area is 159 Å². The number of rotatable bonds is 4. The van der Waals surface area contributed by atoms with Crippen molar-refractivity contribution < 1.29 is 19.0 Å². The van der Waals surface area contributed by atoms with E-state index in [0.717, 1.165) is 24.3 Å². The number of nitrogens with one attached hydrogen (secondary N) is 1. The third kappa shape index (κ3) is 3.71. The van der Waals surface area contributed by atoms with Crippen molar-refractivity contribution in [2.45, 2.75) is 6.54 Å². The van der Waals surface area contributed by atoms with E-state index in [0.29, 0.717) is 29.4 Å². The molecule has 140 valence electrons. The number of hydrogen-bond donors (Lipinski definition) is 1.